The van der Waals surface area contributed by atoms with Crippen LogP contribution in [0, 0.1) is 4.64 Å². The molecule has 1 heterocycles. The number of nitrogens with two attached hydrogens (primary N) is 2. The number of hydrogen-bond donors (Lipinski definition) is 3. The van der Waals surface area contributed by atoms with Gasteiger partial charge in [0.15, 0.2) is 0 Å². The molecule has 0 aliphatic heterocycles. The Morgan fingerprint density at radius 2 is 1.44 bits per heavy atom. The highest BCUT2D eigenvalue weighted by Crippen LogP contribution is 2.15. The quantitative estimate of drug-likeness (QED) is 0.350. The molecule has 0 fully saturated rings. The van der Waals surface area contributed by atoms with Crippen LogP contribution in [0.3, 0.4) is 0 Å². The Kier molecular flexibility index (Phi) is 10.1. The Bertz CT molecular complexity index is 607. The van der Waals surface area contributed by atoms with Crippen molar-refractivity contribution in [3.05, 3.63) is 10.2 Å². The average Bonchev–Trinajstić information content (AvgIpc) is 2.87. The molecule has 1 aromatic rings. The molecular weight excluding hydrogens is 336 g/mol. The highest BCUT2D eigenvalue weighted by molar-refractivity contribution is 7.71. The lowest BCUT2D eigenvalue weighted by Gasteiger charge is -2.05. The Balaban J connectivity index is 2.17. The molecule has 25 heavy (non-hydrogen) atoms. The van der Waals surface area contributed by atoms with E-state index in [0.717, 1.165) is 23.9 Å². The van der Waals surface area contributed by atoms with Crippen molar-refractivity contribution in [1.29, 1.82) is 0 Å². The molecule has 0 saturated carbocycles. The van der Waals surface area contributed by atoms with Gasteiger partial charge in [0.25, 0.3) is 5.91 Å². The van der Waals surface area contributed by atoms with Crippen molar-refractivity contribution in [2.75, 3.05) is 5.73 Å². The summed E-state index contributed by atoms with van der Waals surface area (Å²) in [5, 5.41) is 2.64. The maximum absolute atomic E-state index is 12.2. The molecule has 0 unspecified atom stereocenters. The standard InChI is InChI=1S/C18H32N4O2S/c1-2-3-4-5-6-7-8-9-10-11-12-13-14(23)22-16(19)15(17(20)24)18(25)21-22/h2-13,19H2,1H3,(H2,20,24)(H,21,25). The van der Waals surface area contributed by atoms with Gasteiger partial charge in [0.2, 0.25) is 5.91 Å². The van der Waals surface area contributed by atoms with Gasteiger partial charge in [-0.15, -0.1) is 0 Å². The predicted molar refractivity (Wildman–Crippen MR) is 104 cm³/mol. The molecule has 1 amide bonds. The van der Waals surface area contributed by atoms with Gasteiger partial charge < -0.3 is 11.5 Å². The number of amides is 1. The Morgan fingerprint density at radius 1 is 0.960 bits per heavy atom. The van der Waals surface area contributed by atoms with E-state index < -0.39 is 5.91 Å². The van der Waals surface area contributed by atoms with Gasteiger partial charge in [-0.3, -0.25) is 14.7 Å². The number of carbonyl (C=O) groups is 2. The minimum atomic E-state index is -0.722. The van der Waals surface area contributed by atoms with Crippen LogP contribution in [0.25, 0.3) is 0 Å². The van der Waals surface area contributed by atoms with Crippen LogP contribution in [0.2, 0.25) is 0 Å². The van der Waals surface area contributed by atoms with Gasteiger partial charge >= 0.3 is 0 Å². The van der Waals surface area contributed by atoms with Crippen LogP contribution in [0.15, 0.2) is 0 Å². The molecule has 1 aromatic heterocycles. The van der Waals surface area contributed by atoms with Crippen LogP contribution in [0.5, 0.6) is 0 Å². The van der Waals surface area contributed by atoms with Crippen molar-refractivity contribution >= 4 is 29.9 Å². The zero-order valence-corrected chi connectivity index (χ0v) is 16.1. The fourth-order valence-corrected chi connectivity index (χ4v) is 3.23. The van der Waals surface area contributed by atoms with Crippen LogP contribution in [0.1, 0.15) is 99.1 Å². The molecule has 5 N–H and O–H groups in total. The SMILES string of the molecule is CCCCCCCCCCCCCC(=O)n1[nH]c(=S)c(C(N)=O)c1N. The van der Waals surface area contributed by atoms with E-state index in [4.69, 9.17) is 23.7 Å². The fraction of sp³-hybridized carbons (Fsp3) is 0.722. The molecule has 0 aliphatic carbocycles. The summed E-state index contributed by atoms with van der Waals surface area (Å²) in [6, 6.07) is 0. The van der Waals surface area contributed by atoms with Crippen molar-refractivity contribution in [1.82, 2.24) is 9.78 Å². The highest BCUT2D eigenvalue weighted by atomic mass is 32.1. The number of unbranched alkanes of at least 4 members (excludes halogenated alkanes) is 10. The molecule has 0 saturated heterocycles. The largest absolute Gasteiger partial charge is 0.383 e. The Morgan fingerprint density at radius 3 is 1.88 bits per heavy atom. The molecule has 0 spiro atoms. The third kappa shape index (κ3) is 7.42. The molecule has 0 bridgehead atoms. The molecule has 142 valence electrons. The van der Waals surface area contributed by atoms with E-state index in [-0.39, 0.29) is 21.9 Å². The van der Waals surface area contributed by atoms with Crippen LogP contribution in [-0.2, 0) is 0 Å². The van der Waals surface area contributed by atoms with E-state index in [1.54, 1.807) is 0 Å². The second kappa shape index (κ2) is 11.8. The van der Waals surface area contributed by atoms with Crippen LogP contribution < -0.4 is 11.5 Å². The predicted octanol–water partition coefficient (Wildman–Crippen LogP) is 4.57. The van der Waals surface area contributed by atoms with E-state index in [1.807, 2.05) is 0 Å². The average molecular weight is 369 g/mol. The lowest BCUT2D eigenvalue weighted by Crippen LogP contribution is -2.17. The first-order valence-corrected chi connectivity index (χ1v) is 9.83. The van der Waals surface area contributed by atoms with Crippen LogP contribution in [-0.4, -0.2) is 21.6 Å². The summed E-state index contributed by atoms with van der Waals surface area (Å²) in [5.74, 6) is -0.905. The molecule has 0 aliphatic rings. The van der Waals surface area contributed by atoms with E-state index in [1.165, 1.54) is 51.4 Å². The van der Waals surface area contributed by atoms with Gasteiger partial charge in [-0.2, -0.15) is 0 Å². The molecule has 0 aromatic carbocycles. The summed E-state index contributed by atoms with van der Waals surface area (Å²) in [4.78, 5) is 23.4. The molecule has 1 rings (SSSR count). The minimum Gasteiger partial charge on any atom is -0.383 e. The summed E-state index contributed by atoms with van der Waals surface area (Å²) in [6.45, 7) is 2.24. The van der Waals surface area contributed by atoms with Gasteiger partial charge in [0.1, 0.15) is 16.0 Å². The van der Waals surface area contributed by atoms with Gasteiger partial charge in [-0.25, -0.2) is 4.68 Å². The van der Waals surface area contributed by atoms with Gasteiger partial charge in [-0.1, -0.05) is 83.3 Å². The number of carbonyl (C=O) groups excluding carboxylic acids is 2. The number of nitrogens with zero attached hydrogens (tertiary/aromatic N) is 1. The minimum absolute atomic E-state index is 0.00516. The van der Waals surface area contributed by atoms with E-state index >= 15 is 0 Å². The smallest absolute Gasteiger partial charge is 0.255 e. The maximum atomic E-state index is 12.2. The van der Waals surface area contributed by atoms with Gasteiger partial charge in [0.05, 0.1) is 0 Å². The normalized spacial score (nSPS) is 10.9. The number of anilines is 1. The van der Waals surface area contributed by atoms with Crippen LogP contribution >= 0.6 is 12.2 Å². The molecule has 0 radical (unpaired) electrons. The van der Waals surface area contributed by atoms with E-state index in [2.05, 4.69) is 12.0 Å². The topological polar surface area (TPSA) is 107 Å². The number of aromatic nitrogens is 2. The zero-order chi connectivity index (χ0) is 18.7. The maximum Gasteiger partial charge on any atom is 0.255 e. The Labute approximate surface area is 155 Å². The third-order valence-electron chi connectivity index (χ3n) is 4.43. The van der Waals surface area contributed by atoms with Crippen molar-refractivity contribution in [2.45, 2.75) is 84.0 Å². The number of H-pyrrole nitrogens is 1. The number of rotatable bonds is 13. The zero-order valence-electron chi connectivity index (χ0n) is 15.3. The molecule has 0 atom stereocenters. The van der Waals surface area contributed by atoms with Crippen molar-refractivity contribution in [3.8, 4) is 0 Å². The summed E-state index contributed by atoms with van der Waals surface area (Å²) < 4.78 is 1.25. The number of hydrogen-bond acceptors (Lipinski definition) is 4. The van der Waals surface area contributed by atoms with Crippen molar-refractivity contribution in [3.63, 3.8) is 0 Å². The summed E-state index contributed by atoms with van der Waals surface area (Å²) >= 11 is 4.97. The second-order valence-corrected chi connectivity index (χ2v) is 6.99. The second-order valence-electron chi connectivity index (χ2n) is 6.58. The molecular formula is C18H32N4O2S. The van der Waals surface area contributed by atoms with E-state index in [0.29, 0.717) is 6.42 Å². The monoisotopic (exact) mass is 368 g/mol. The first-order valence-electron chi connectivity index (χ1n) is 9.42. The summed E-state index contributed by atoms with van der Waals surface area (Å²) in [6.07, 6.45) is 13.9. The summed E-state index contributed by atoms with van der Waals surface area (Å²) in [7, 11) is 0. The van der Waals surface area contributed by atoms with Crippen molar-refractivity contribution in [2.24, 2.45) is 5.73 Å². The number of primary amides is 1. The lowest BCUT2D eigenvalue weighted by molar-refractivity contribution is 0.0886. The lowest BCUT2D eigenvalue weighted by atomic mass is 10.1. The van der Waals surface area contributed by atoms with Crippen molar-refractivity contribution < 1.29 is 9.59 Å². The molecule has 6 nitrogen and oxygen atoms in total. The number of aromatic amines is 1. The van der Waals surface area contributed by atoms with E-state index in [9.17, 15) is 9.59 Å². The fourth-order valence-electron chi connectivity index (χ4n) is 2.93. The number of nitrogens with one attached hydrogen (secondary N) is 1. The number of nitrogen functional groups attached to an aromatic ring is 1. The first kappa shape index (κ1) is 21.4. The third-order valence-corrected chi connectivity index (χ3v) is 4.72. The summed E-state index contributed by atoms with van der Waals surface area (Å²) in [5.41, 5.74) is 11.0. The molecule has 7 heteroatoms. The van der Waals surface area contributed by atoms with Gasteiger partial charge in [-0.05, 0) is 6.42 Å². The first-order chi connectivity index (χ1) is 12.0. The Hall–Kier alpha value is -1.63. The highest BCUT2D eigenvalue weighted by Gasteiger charge is 2.18. The van der Waals surface area contributed by atoms with Gasteiger partial charge in [0, 0.05) is 6.42 Å². The van der Waals surface area contributed by atoms with Crippen LogP contribution in [0.4, 0.5) is 5.82 Å².